The van der Waals surface area contributed by atoms with Gasteiger partial charge >= 0.3 is 0 Å². The summed E-state index contributed by atoms with van der Waals surface area (Å²) in [4.78, 5) is 7.58. The van der Waals surface area contributed by atoms with E-state index in [9.17, 15) is 0 Å². The Hall–Kier alpha value is -1.65. The summed E-state index contributed by atoms with van der Waals surface area (Å²) in [6.45, 7) is 4.06. The van der Waals surface area contributed by atoms with Crippen LogP contribution < -0.4 is 0 Å². The van der Waals surface area contributed by atoms with Crippen LogP contribution in [0.2, 0.25) is 0 Å². The third kappa shape index (κ3) is 2.62. The maximum absolute atomic E-state index is 6.17. The number of H-pyrrole nitrogens is 1. The van der Waals surface area contributed by atoms with Crippen molar-refractivity contribution in [1.82, 2.24) is 9.97 Å². The maximum Gasteiger partial charge on any atom is 0.111 e. The van der Waals surface area contributed by atoms with E-state index in [1.54, 1.807) is 6.20 Å². The lowest BCUT2D eigenvalue weighted by atomic mass is 9.82. The second kappa shape index (κ2) is 5.77. The van der Waals surface area contributed by atoms with E-state index >= 15 is 0 Å². The van der Waals surface area contributed by atoms with Crippen molar-refractivity contribution in [2.45, 2.75) is 24.9 Å². The highest BCUT2D eigenvalue weighted by Gasteiger charge is 2.41. The van der Waals surface area contributed by atoms with E-state index in [0.717, 1.165) is 12.2 Å². The summed E-state index contributed by atoms with van der Waals surface area (Å²) in [6.07, 6.45) is 4.47. The number of imidazole rings is 1. The van der Waals surface area contributed by atoms with Gasteiger partial charge in [-0.1, -0.05) is 37.3 Å². The highest BCUT2D eigenvalue weighted by molar-refractivity contribution is 5.20. The molecule has 1 fully saturated rings. The smallest absolute Gasteiger partial charge is 0.111 e. The lowest BCUT2D eigenvalue weighted by Crippen LogP contribution is -2.49. The van der Waals surface area contributed by atoms with Gasteiger partial charge in [-0.25, -0.2) is 4.98 Å². The fraction of sp³-hybridized carbons (Fsp3) is 0.438. The molecule has 4 nitrogen and oxygen atoms in total. The lowest BCUT2D eigenvalue weighted by molar-refractivity contribution is -0.167. The number of ether oxygens (including phenoxy) is 2. The van der Waals surface area contributed by atoms with Crippen molar-refractivity contribution in [2.75, 3.05) is 19.8 Å². The molecule has 2 atom stereocenters. The van der Waals surface area contributed by atoms with Crippen LogP contribution in [-0.4, -0.2) is 35.4 Å². The molecule has 0 saturated carbocycles. The van der Waals surface area contributed by atoms with Crippen LogP contribution >= 0.6 is 0 Å². The van der Waals surface area contributed by atoms with E-state index < -0.39 is 0 Å². The number of hydrogen-bond donors (Lipinski definition) is 1. The van der Waals surface area contributed by atoms with Crippen LogP contribution in [0.15, 0.2) is 42.7 Å². The summed E-state index contributed by atoms with van der Waals surface area (Å²) in [6, 6.07) is 10.4. The number of aromatic nitrogens is 2. The van der Waals surface area contributed by atoms with Crippen molar-refractivity contribution in [3.05, 3.63) is 54.1 Å². The zero-order valence-electron chi connectivity index (χ0n) is 11.7. The highest BCUT2D eigenvalue weighted by Crippen LogP contribution is 2.35. The minimum absolute atomic E-state index is 0.151. The van der Waals surface area contributed by atoms with E-state index in [2.05, 4.69) is 41.2 Å². The summed E-state index contributed by atoms with van der Waals surface area (Å²) in [5, 5.41) is 0. The molecule has 4 heteroatoms. The van der Waals surface area contributed by atoms with Gasteiger partial charge < -0.3 is 14.5 Å². The Morgan fingerprint density at radius 1 is 1.30 bits per heavy atom. The van der Waals surface area contributed by atoms with Crippen LogP contribution in [0, 0.1) is 0 Å². The predicted octanol–water partition coefficient (Wildman–Crippen LogP) is 2.54. The molecule has 0 aliphatic carbocycles. The normalized spacial score (nSPS) is 24.4. The predicted molar refractivity (Wildman–Crippen MR) is 76.7 cm³/mol. The van der Waals surface area contributed by atoms with Gasteiger partial charge in [-0.2, -0.15) is 0 Å². The highest BCUT2D eigenvalue weighted by atomic mass is 16.6. The first-order chi connectivity index (χ1) is 9.80. The van der Waals surface area contributed by atoms with Gasteiger partial charge in [0.1, 0.15) is 11.4 Å². The molecular formula is C16H20N2O2. The van der Waals surface area contributed by atoms with Crippen LogP contribution in [0.3, 0.4) is 0 Å². The third-order valence-corrected chi connectivity index (χ3v) is 4.03. The molecule has 20 heavy (non-hydrogen) atoms. The van der Waals surface area contributed by atoms with Gasteiger partial charge in [0.2, 0.25) is 0 Å². The zero-order chi connectivity index (χ0) is 13.8. The van der Waals surface area contributed by atoms with Crippen LogP contribution in [0.4, 0.5) is 0 Å². The first kappa shape index (κ1) is 13.3. The van der Waals surface area contributed by atoms with E-state index in [1.807, 2.05) is 12.3 Å². The Kier molecular flexibility index (Phi) is 3.85. The van der Waals surface area contributed by atoms with Gasteiger partial charge in [-0.3, -0.25) is 0 Å². The molecule has 1 aromatic carbocycles. The first-order valence-corrected chi connectivity index (χ1v) is 7.05. The van der Waals surface area contributed by atoms with Crippen LogP contribution in [0.5, 0.6) is 0 Å². The molecule has 0 amide bonds. The second-order valence-electron chi connectivity index (χ2n) is 5.32. The van der Waals surface area contributed by atoms with Gasteiger partial charge in [-0.15, -0.1) is 0 Å². The fourth-order valence-electron chi connectivity index (χ4n) is 2.80. The minimum atomic E-state index is -0.350. The first-order valence-electron chi connectivity index (χ1n) is 7.05. The van der Waals surface area contributed by atoms with Gasteiger partial charge in [-0.05, 0) is 5.56 Å². The number of hydrogen-bond acceptors (Lipinski definition) is 3. The monoisotopic (exact) mass is 272 g/mol. The molecule has 0 bridgehead atoms. The largest absolute Gasteiger partial charge is 0.376 e. The number of nitrogens with zero attached hydrogens (tertiary/aromatic N) is 1. The van der Waals surface area contributed by atoms with Gasteiger partial charge in [0.15, 0.2) is 0 Å². The Morgan fingerprint density at radius 2 is 2.15 bits per heavy atom. The lowest BCUT2D eigenvalue weighted by Gasteiger charge is -2.41. The molecule has 2 aromatic rings. The van der Waals surface area contributed by atoms with E-state index in [0.29, 0.717) is 19.8 Å². The van der Waals surface area contributed by atoms with Crippen molar-refractivity contribution >= 4 is 0 Å². The summed E-state index contributed by atoms with van der Waals surface area (Å²) in [5.74, 6) is 1.10. The van der Waals surface area contributed by atoms with Crippen molar-refractivity contribution < 1.29 is 9.47 Å². The third-order valence-electron chi connectivity index (χ3n) is 4.03. The summed E-state index contributed by atoms with van der Waals surface area (Å²) in [5.41, 5.74) is 0.911. The maximum atomic E-state index is 6.17. The standard InChI is InChI=1S/C16H20N2O2/c1-13(15-17-7-8-18-15)16(12-19-9-10-20-16)11-14-5-3-2-4-6-14/h2-8,13H,9-12H2,1H3,(H,17,18). The summed E-state index contributed by atoms with van der Waals surface area (Å²) >= 11 is 0. The molecule has 1 saturated heterocycles. The van der Waals surface area contributed by atoms with Crippen LogP contribution in [-0.2, 0) is 15.9 Å². The molecular weight excluding hydrogens is 252 g/mol. The number of nitrogens with one attached hydrogen (secondary N) is 1. The molecule has 1 aliphatic heterocycles. The SMILES string of the molecule is CC(c1ncc[nH]1)C1(Cc2ccccc2)COCCO1. The Labute approximate surface area is 119 Å². The summed E-state index contributed by atoms with van der Waals surface area (Å²) < 4.78 is 11.9. The zero-order valence-corrected chi connectivity index (χ0v) is 11.7. The van der Waals surface area contributed by atoms with Crippen molar-refractivity contribution in [3.8, 4) is 0 Å². The van der Waals surface area contributed by atoms with E-state index in [-0.39, 0.29) is 11.5 Å². The molecule has 3 rings (SSSR count). The van der Waals surface area contributed by atoms with Gasteiger partial charge in [0, 0.05) is 24.7 Å². The van der Waals surface area contributed by atoms with E-state index in [1.165, 1.54) is 5.56 Å². The number of benzene rings is 1. The van der Waals surface area contributed by atoms with Gasteiger partial charge in [0.25, 0.3) is 0 Å². The van der Waals surface area contributed by atoms with E-state index in [4.69, 9.17) is 9.47 Å². The van der Waals surface area contributed by atoms with Crippen molar-refractivity contribution in [1.29, 1.82) is 0 Å². The average molecular weight is 272 g/mol. The average Bonchev–Trinajstić information content (AvgIpc) is 3.02. The minimum Gasteiger partial charge on any atom is -0.376 e. The van der Waals surface area contributed by atoms with Crippen molar-refractivity contribution in [2.24, 2.45) is 0 Å². The van der Waals surface area contributed by atoms with Crippen molar-refractivity contribution in [3.63, 3.8) is 0 Å². The molecule has 0 spiro atoms. The molecule has 1 N–H and O–H groups in total. The quantitative estimate of drug-likeness (QED) is 0.930. The molecule has 1 aromatic heterocycles. The molecule has 1 aliphatic rings. The fourth-order valence-corrected chi connectivity index (χ4v) is 2.80. The van der Waals surface area contributed by atoms with Crippen LogP contribution in [0.1, 0.15) is 24.2 Å². The Balaban J connectivity index is 1.88. The molecule has 2 unspecified atom stereocenters. The molecule has 0 radical (unpaired) electrons. The van der Waals surface area contributed by atoms with Gasteiger partial charge in [0.05, 0.1) is 19.8 Å². The second-order valence-corrected chi connectivity index (χ2v) is 5.32. The van der Waals surface area contributed by atoms with Crippen LogP contribution in [0.25, 0.3) is 0 Å². The number of rotatable bonds is 4. The summed E-state index contributed by atoms with van der Waals surface area (Å²) in [7, 11) is 0. The number of aromatic amines is 1. The molecule has 106 valence electrons. The Morgan fingerprint density at radius 3 is 2.80 bits per heavy atom. The topological polar surface area (TPSA) is 47.1 Å². The Bertz CT molecular complexity index is 519. The molecule has 2 heterocycles.